The highest BCUT2D eigenvalue weighted by atomic mass is 16.2. The van der Waals surface area contributed by atoms with Crippen molar-refractivity contribution in [3.63, 3.8) is 0 Å². The van der Waals surface area contributed by atoms with E-state index in [1.54, 1.807) is 6.20 Å². The average Bonchev–Trinajstić information content (AvgIpc) is 3.23. The van der Waals surface area contributed by atoms with Gasteiger partial charge in [-0.05, 0) is 54.4 Å². The number of rotatable bonds is 4. The van der Waals surface area contributed by atoms with Crippen LogP contribution in [-0.4, -0.2) is 40.7 Å². The zero-order valence-electron chi connectivity index (χ0n) is 15.1. The first-order valence-electron chi connectivity index (χ1n) is 9.13. The molecule has 1 N–H and O–H groups in total. The molecule has 3 aromatic rings. The number of hydrogen-bond donors (Lipinski definition) is 1. The van der Waals surface area contributed by atoms with Crippen molar-refractivity contribution < 1.29 is 4.79 Å². The van der Waals surface area contributed by atoms with Crippen LogP contribution in [0.2, 0.25) is 0 Å². The Balaban J connectivity index is 1.59. The van der Waals surface area contributed by atoms with Crippen LogP contribution in [0.1, 0.15) is 18.4 Å². The van der Waals surface area contributed by atoms with E-state index in [1.807, 2.05) is 41.0 Å². The largest absolute Gasteiger partial charge is 0.339 e. The lowest BCUT2D eigenvalue weighted by atomic mass is 9.86. The first-order chi connectivity index (χ1) is 12.7. The van der Waals surface area contributed by atoms with E-state index in [-0.39, 0.29) is 5.91 Å². The average molecular weight is 348 g/mol. The maximum Gasteiger partial charge on any atom is 0.250 e. The Morgan fingerprint density at radius 2 is 1.92 bits per heavy atom. The zero-order chi connectivity index (χ0) is 18.0. The third-order valence-corrected chi connectivity index (χ3v) is 5.35. The van der Waals surface area contributed by atoms with E-state index in [1.165, 1.54) is 10.8 Å². The standard InChI is InChI=1S/C21H24N4O/c1-24(16-17-7-8-18-5-2-3-6-19(18)15-17)20(26)21(9-12-22-13-10-21)25-14-4-11-23-25/h2-8,11,14-15,22H,9-10,12-13,16H2,1H3. The minimum Gasteiger partial charge on any atom is -0.339 e. The summed E-state index contributed by atoms with van der Waals surface area (Å²) in [6.45, 7) is 2.25. The number of likely N-dealkylation sites (N-methyl/N-ethyl adjacent to an activating group) is 1. The summed E-state index contributed by atoms with van der Waals surface area (Å²) in [6.07, 6.45) is 5.18. The monoisotopic (exact) mass is 348 g/mol. The van der Waals surface area contributed by atoms with E-state index in [0.29, 0.717) is 6.54 Å². The lowest BCUT2D eigenvalue weighted by molar-refractivity contribution is -0.142. The van der Waals surface area contributed by atoms with Gasteiger partial charge in [-0.3, -0.25) is 9.48 Å². The lowest BCUT2D eigenvalue weighted by Crippen LogP contribution is -2.54. The Kier molecular flexibility index (Phi) is 4.47. The molecule has 1 aliphatic heterocycles. The van der Waals surface area contributed by atoms with Gasteiger partial charge < -0.3 is 10.2 Å². The van der Waals surface area contributed by atoms with Crippen molar-refractivity contribution in [1.82, 2.24) is 20.0 Å². The summed E-state index contributed by atoms with van der Waals surface area (Å²) in [6, 6.07) is 16.6. The smallest absolute Gasteiger partial charge is 0.250 e. The van der Waals surface area contributed by atoms with Crippen molar-refractivity contribution in [3.05, 3.63) is 66.5 Å². The quantitative estimate of drug-likeness (QED) is 0.789. The molecule has 1 amide bonds. The van der Waals surface area contributed by atoms with Crippen LogP contribution in [0.3, 0.4) is 0 Å². The Morgan fingerprint density at radius 1 is 1.15 bits per heavy atom. The van der Waals surface area contributed by atoms with Gasteiger partial charge in [0.25, 0.3) is 5.91 Å². The van der Waals surface area contributed by atoms with Gasteiger partial charge in [0.05, 0.1) is 0 Å². The number of fused-ring (bicyclic) bond motifs is 1. The summed E-state index contributed by atoms with van der Waals surface area (Å²) in [5.41, 5.74) is 0.560. The van der Waals surface area contributed by atoms with E-state index in [2.05, 4.69) is 40.7 Å². The highest BCUT2D eigenvalue weighted by Gasteiger charge is 2.43. The van der Waals surface area contributed by atoms with Crippen LogP contribution in [0.15, 0.2) is 60.9 Å². The van der Waals surface area contributed by atoms with Crippen molar-refractivity contribution in [2.24, 2.45) is 0 Å². The maximum atomic E-state index is 13.4. The van der Waals surface area contributed by atoms with Gasteiger partial charge in [-0.1, -0.05) is 36.4 Å². The normalized spacial score (nSPS) is 16.5. The van der Waals surface area contributed by atoms with Gasteiger partial charge in [-0.25, -0.2) is 0 Å². The van der Waals surface area contributed by atoms with Crippen molar-refractivity contribution in [2.75, 3.05) is 20.1 Å². The van der Waals surface area contributed by atoms with Crippen LogP contribution in [0, 0.1) is 0 Å². The number of nitrogens with zero attached hydrogens (tertiary/aromatic N) is 3. The van der Waals surface area contributed by atoms with Crippen LogP contribution >= 0.6 is 0 Å². The predicted molar refractivity (Wildman–Crippen MR) is 103 cm³/mol. The SMILES string of the molecule is CN(Cc1ccc2ccccc2c1)C(=O)C1(n2cccn2)CCNCC1. The molecular formula is C21H24N4O. The highest BCUT2D eigenvalue weighted by Crippen LogP contribution is 2.29. The molecule has 5 nitrogen and oxygen atoms in total. The number of piperidine rings is 1. The summed E-state index contributed by atoms with van der Waals surface area (Å²) in [5, 5.41) is 10.2. The summed E-state index contributed by atoms with van der Waals surface area (Å²) in [4.78, 5) is 15.3. The van der Waals surface area contributed by atoms with Crippen LogP contribution in [-0.2, 0) is 16.9 Å². The van der Waals surface area contributed by atoms with E-state index in [9.17, 15) is 4.79 Å². The first-order valence-corrected chi connectivity index (χ1v) is 9.13. The van der Waals surface area contributed by atoms with Crippen molar-refractivity contribution in [2.45, 2.75) is 24.9 Å². The third kappa shape index (κ3) is 2.99. The van der Waals surface area contributed by atoms with Crippen LogP contribution in [0.25, 0.3) is 10.8 Å². The molecule has 2 aromatic carbocycles. The number of benzene rings is 2. The molecule has 0 radical (unpaired) electrons. The van der Waals surface area contributed by atoms with Crippen LogP contribution in [0.4, 0.5) is 0 Å². The van der Waals surface area contributed by atoms with Gasteiger partial charge in [-0.2, -0.15) is 5.10 Å². The summed E-state index contributed by atoms with van der Waals surface area (Å²) in [7, 11) is 1.89. The number of amides is 1. The molecular weight excluding hydrogens is 324 g/mol. The number of aromatic nitrogens is 2. The summed E-state index contributed by atoms with van der Waals surface area (Å²) >= 11 is 0. The molecule has 0 aliphatic carbocycles. The molecule has 1 aliphatic rings. The number of hydrogen-bond acceptors (Lipinski definition) is 3. The minimum atomic E-state index is -0.583. The molecule has 134 valence electrons. The molecule has 0 atom stereocenters. The van der Waals surface area contributed by atoms with Gasteiger partial charge in [0, 0.05) is 26.0 Å². The Morgan fingerprint density at radius 3 is 2.65 bits per heavy atom. The second kappa shape index (κ2) is 6.92. The fourth-order valence-electron chi connectivity index (χ4n) is 3.94. The zero-order valence-corrected chi connectivity index (χ0v) is 15.1. The number of carbonyl (C=O) groups excluding carboxylic acids is 1. The Bertz CT molecular complexity index is 897. The first kappa shape index (κ1) is 16.8. The summed E-state index contributed by atoms with van der Waals surface area (Å²) in [5.74, 6) is 0.135. The third-order valence-electron chi connectivity index (χ3n) is 5.35. The van der Waals surface area contributed by atoms with E-state index >= 15 is 0 Å². The van der Waals surface area contributed by atoms with Crippen molar-refractivity contribution >= 4 is 16.7 Å². The summed E-state index contributed by atoms with van der Waals surface area (Å²) < 4.78 is 1.85. The highest BCUT2D eigenvalue weighted by molar-refractivity contribution is 5.85. The second-order valence-electron chi connectivity index (χ2n) is 7.07. The Labute approximate surface area is 153 Å². The molecule has 1 fully saturated rings. The van der Waals surface area contributed by atoms with E-state index < -0.39 is 5.54 Å². The van der Waals surface area contributed by atoms with Gasteiger partial charge in [0.15, 0.2) is 0 Å². The molecule has 0 bridgehead atoms. The van der Waals surface area contributed by atoms with Crippen molar-refractivity contribution in [3.8, 4) is 0 Å². The molecule has 2 heterocycles. The van der Waals surface area contributed by atoms with E-state index in [0.717, 1.165) is 31.5 Å². The van der Waals surface area contributed by atoms with Crippen molar-refractivity contribution in [1.29, 1.82) is 0 Å². The van der Waals surface area contributed by atoms with Gasteiger partial charge in [0.2, 0.25) is 0 Å². The van der Waals surface area contributed by atoms with Crippen LogP contribution < -0.4 is 5.32 Å². The molecule has 0 spiro atoms. The Hall–Kier alpha value is -2.66. The lowest BCUT2D eigenvalue weighted by Gasteiger charge is -2.39. The fourth-order valence-corrected chi connectivity index (χ4v) is 3.94. The topological polar surface area (TPSA) is 50.2 Å². The molecule has 4 rings (SSSR count). The molecule has 26 heavy (non-hydrogen) atoms. The molecule has 1 saturated heterocycles. The van der Waals surface area contributed by atoms with Crippen LogP contribution in [0.5, 0.6) is 0 Å². The molecule has 0 saturated carbocycles. The molecule has 0 unspecified atom stereocenters. The van der Waals surface area contributed by atoms with E-state index in [4.69, 9.17) is 0 Å². The van der Waals surface area contributed by atoms with Gasteiger partial charge in [-0.15, -0.1) is 0 Å². The van der Waals surface area contributed by atoms with Gasteiger partial charge >= 0.3 is 0 Å². The number of nitrogens with one attached hydrogen (secondary N) is 1. The number of carbonyl (C=O) groups is 1. The fraction of sp³-hybridized carbons (Fsp3) is 0.333. The van der Waals surface area contributed by atoms with Gasteiger partial charge in [0.1, 0.15) is 5.54 Å². The molecule has 5 heteroatoms. The second-order valence-corrected chi connectivity index (χ2v) is 7.07. The molecule has 1 aromatic heterocycles. The maximum absolute atomic E-state index is 13.4. The predicted octanol–water partition coefficient (Wildman–Crippen LogP) is 2.77. The minimum absolute atomic E-state index is 0.135.